The van der Waals surface area contributed by atoms with Gasteiger partial charge in [0, 0.05) is 52.0 Å². The van der Waals surface area contributed by atoms with Crippen LogP contribution in [0.3, 0.4) is 0 Å². The Bertz CT molecular complexity index is 546. The molecule has 0 bridgehead atoms. The third kappa shape index (κ3) is 4.76. The molecule has 25 heavy (non-hydrogen) atoms. The molecule has 1 saturated heterocycles. The van der Waals surface area contributed by atoms with Gasteiger partial charge in [-0.15, -0.1) is 0 Å². The number of rotatable bonds is 8. The molecule has 1 amide bonds. The summed E-state index contributed by atoms with van der Waals surface area (Å²) in [5.41, 5.74) is 0.544. The lowest BCUT2D eigenvalue weighted by atomic mass is 10.1. The molecule has 1 fully saturated rings. The van der Waals surface area contributed by atoms with Gasteiger partial charge in [0.2, 0.25) is 5.75 Å². The molecule has 1 aliphatic heterocycles. The molecule has 0 saturated carbocycles. The quantitative estimate of drug-likeness (QED) is 0.661. The molecule has 0 radical (unpaired) electrons. The van der Waals surface area contributed by atoms with Crippen LogP contribution in [-0.4, -0.2) is 83.5 Å². The molecular formula is C18H28N2O5. The van der Waals surface area contributed by atoms with E-state index in [4.69, 9.17) is 18.9 Å². The Kier molecular flexibility index (Phi) is 7.33. The van der Waals surface area contributed by atoms with Gasteiger partial charge < -0.3 is 23.8 Å². The fraction of sp³-hybridized carbons (Fsp3) is 0.611. The standard InChI is InChI=1S/C18H28N2O5/c1-22-11-5-6-19-7-9-20(10-8-19)18(21)14-12-15(23-2)17(25-4)16(13-14)24-3/h12-13H,5-11H2,1-4H3. The molecule has 140 valence electrons. The molecule has 2 rings (SSSR count). The Morgan fingerprint density at radius 1 is 0.960 bits per heavy atom. The molecular weight excluding hydrogens is 324 g/mol. The number of methoxy groups -OCH3 is 4. The van der Waals surface area contributed by atoms with Crippen LogP contribution in [0, 0.1) is 0 Å². The number of carbonyl (C=O) groups is 1. The average Bonchev–Trinajstić information content (AvgIpc) is 2.66. The summed E-state index contributed by atoms with van der Waals surface area (Å²) in [4.78, 5) is 17.1. The lowest BCUT2D eigenvalue weighted by molar-refractivity contribution is 0.0623. The first kappa shape index (κ1) is 19.3. The molecule has 1 aromatic rings. The van der Waals surface area contributed by atoms with Gasteiger partial charge >= 0.3 is 0 Å². The Balaban J connectivity index is 2.04. The number of nitrogens with zero attached hydrogens (tertiary/aromatic N) is 2. The molecule has 0 atom stereocenters. The highest BCUT2D eigenvalue weighted by Crippen LogP contribution is 2.38. The predicted octanol–water partition coefficient (Wildman–Crippen LogP) is 1.51. The van der Waals surface area contributed by atoms with Crippen molar-refractivity contribution in [3.63, 3.8) is 0 Å². The fourth-order valence-electron chi connectivity index (χ4n) is 2.99. The van der Waals surface area contributed by atoms with Crippen LogP contribution in [0.15, 0.2) is 12.1 Å². The summed E-state index contributed by atoms with van der Waals surface area (Å²) in [6, 6.07) is 3.41. The molecule has 0 N–H and O–H groups in total. The van der Waals surface area contributed by atoms with Gasteiger partial charge in [0.1, 0.15) is 0 Å². The highest BCUT2D eigenvalue weighted by atomic mass is 16.5. The van der Waals surface area contributed by atoms with Crippen molar-refractivity contribution in [3.8, 4) is 17.2 Å². The van der Waals surface area contributed by atoms with Gasteiger partial charge in [-0.3, -0.25) is 9.69 Å². The Hall–Kier alpha value is -1.99. The maximum absolute atomic E-state index is 12.8. The average molecular weight is 352 g/mol. The van der Waals surface area contributed by atoms with E-state index in [0.29, 0.717) is 35.9 Å². The van der Waals surface area contributed by atoms with Crippen LogP contribution in [-0.2, 0) is 4.74 Å². The number of hydrogen-bond acceptors (Lipinski definition) is 6. The van der Waals surface area contributed by atoms with Crippen LogP contribution in [0.1, 0.15) is 16.8 Å². The van der Waals surface area contributed by atoms with E-state index in [-0.39, 0.29) is 5.91 Å². The first-order chi connectivity index (χ1) is 12.1. The zero-order valence-corrected chi connectivity index (χ0v) is 15.5. The summed E-state index contributed by atoms with van der Waals surface area (Å²) >= 11 is 0. The first-order valence-electron chi connectivity index (χ1n) is 8.45. The molecule has 0 aliphatic carbocycles. The number of piperazine rings is 1. The van der Waals surface area contributed by atoms with E-state index in [1.165, 1.54) is 0 Å². The zero-order valence-electron chi connectivity index (χ0n) is 15.5. The number of benzene rings is 1. The van der Waals surface area contributed by atoms with Crippen molar-refractivity contribution in [2.75, 3.05) is 67.8 Å². The third-order valence-electron chi connectivity index (χ3n) is 4.39. The summed E-state index contributed by atoms with van der Waals surface area (Å²) in [5, 5.41) is 0. The van der Waals surface area contributed by atoms with E-state index in [0.717, 1.165) is 32.7 Å². The van der Waals surface area contributed by atoms with E-state index >= 15 is 0 Å². The zero-order chi connectivity index (χ0) is 18.2. The molecule has 7 heteroatoms. The Labute approximate surface area is 149 Å². The van der Waals surface area contributed by atoms with E-state index in [1.807, 2.05) is 4.90 Å². The molecule has 1 aliphatic rings. The molecule has 0 aromatic heterocycles. The van der Waals surface area contributed by atoms with Crippen LogP contribution in [0.4, 0.5) is 0 Å². The molecule has 0 spiro atoms. The minimum absolute atomic E-state index is 0.0178. The minimum Gasteiger partial charge on any atom is -0.493 e. The maximum atomic E-state index is 12.8. The minimum atomic E-state index is -0.0178. The van der Waals surface area contributed by atoms with Crippen LogP contribution >= 0.6 is 0 Å². The summed E-state index contributed by atoms with van der Waals surface area (Å²) in [6.07, 6.45) is 1.01. The second-order valence-electron chi connectivity index (χ2n) is 5.89. The van der Waals surface area contributed by atoms with Gasteiger partial charge in [0.25, 0.3) is 5.91 Å². The van der Waals surface area contributed by atoms with Crippen molar-refractivity contribution in [2.45, 2.75) is 6.42 Å². The number of carbonyl (C=O) groups excluding carboxylic acids is 1. The fourth-order valence-corrected chi connectivity index (χ4v) is 2.99. The van der Waals surface area contributed by atoms with Crippen molar-refractivity contribution in [1.82, 2.24) is 9.80 Å². The van der Waals surface area contributed by atoms with Gasteiger partial charge in [0.05, 0.1) is 21.3 Å². The lowest BCUT2D eigenvalue weighted by Crippen LogP contribution is -2.48. The predicted molar refractivity (Wildman–Crippen MR) is 94.9 cm³/mol. The Morgan fingerprint density at radius 3 is 2.04 bits per heavy atom. The molecule has 1 aromatic carbocycles. The van der Waals surface area contributed by atoms with E-state index in [2.05, 4.69) is 4.90 Å². The van der Waals surface area contributed by atoms with Gasteiger partial charge in [0.15, 0.2) is 11.5 Å². The van der Waals surface area contributed by atoms with Crippen LogP contribution in [0.5, 0.6) is 17.2 Å². The molecule has 0 unspecified atom stereocenters. The third-order valence-corrected chi connectivity index (χ3v) is 4.39. The first-order valence-corrected chi connectivity index (χ1v) is 8.45. The second kappa shape index (κ2) is 9.48. The molecule has 1 heterocycles. The van der Waals surface area contributed by atoms with Crippen LogP contribution in [0.25, 0.3) is 0 Å². The van der Waals surface area contributed by atoms with Crippen LogP contribution in [0.2, 0.25) is 0 Å². The normalized spacial score (nSPS) is 15.1. The molecule has 7 nitrogen and oxygen atoms in total. The van der Waals surface area contributed by atoms with Gasteiger partial charge in [-0.25, -0.2) is 0 Å². The van der Waals surface area contributed by atoms with Gasteiger partial charge in [-0.05, 0) is 18.6 Å². The topological polar surface area (TPSA) is 60.5 Å². The summed E-state index contributed by atoms with van der Waals surface area (Å²) < 4.78 is 21.1. The van der Waals surface area contributed by atoms with Crippen molar-refractivity contribution >= 4 is 5.91 Å². The van der Waals surface area contributed by atoms with Crippen molar-refractivity contribution < 1.29 is 23.7 Å². The van der Waals surface area contributed by atoms with Crippen molar-refractivity contribution in [2.24, 2.45) is 0 Å². The number of amides is 1. The largest absolute Gasteiger partial charge is 0.493 e. The lowest BCUT2D eigenvalue weighted by Gasteiger charge is -2.34. The second-order valence-corrected chi connectivity index (χ2v) is 5.89. The SMILES string of the molecule is COCCCN1CCN(C(=O)c2cc(OC)c(OC)c(OC)c2)CC1. The number of ether oxygens (including phenoxy) is 4. The van der Waals surface area contributed by atoms with Gasteiger partial charge in [-0.2, -0.15) is 0 Å². The van der Waals surface area contributed by atoms with Crippen molar-refractivity contribution in [3.05, 3.63) is 17.7 Å². The smallest absolute Gasteiger partial charge is 0.254 e. The summed E-state index contributed by atoms with van der Waals surface area (Å²) in [7, 11) is 6.35. The van der Waals surface area contributed by atoms with E-state index < -0.39 is 0 Å². The monoisotopic (exact) mass is 352 g/mol. The van der Waals surface area contributed by atoms with Crippen molar-refractivity contribution in [1.29, 1.82) is 0 Å². The number of hydrogen-bond donors (Lipinski definition) is 0. The highest BCUT2D eigenvalue weighted by Gasteiger charge is 2.24. The van der Waals surface area contributed by atoms with Gasteiger partial charge in [-0.1, -0.05) is 0 Å². The summed E-state index contributed by atoms with van der Waals surface area (Å²) in [5.74, 6) is 1.45. The maximum Gasteiger partial charge on any atom is 0.254 e. The van der Waals surface area contributed by atoms with E-state index in [9.17, 15) is 4.79 Å². The van der Waals surface area contributed by atoms with Crippen LogP contribution < -0.4 is 14.2 Å². The Morgan fingerprint density at radius 2 is 1.56 bits per heavy atom. The highest BCUT2D eigenvalue weighted by molar-refractivity contribution is 5.95. The summed E-state index contributed by atoms with van der Waals surface area (Å²) in [6.45, 7) is 4.94. The van der Waals surface area contributed by atoms with E-state index in [1.54, 1.807) is 40.6 Å².